The lowest BCUT2D eigenvalue weighted by molar-refractivity contribution is 0.0326. The predicted octanol–water partition coefficient (Wildman–Crippen LogP) is 1.81. The Labute approximate surface area is 121 Å². The highest BCUT2D eigenvalue weighted by Gasteiger charge is 2.17. The number of hydrogen-bond acceptors (Lipinski definition) is 4. The summed E-state index contributed by atoms with van der Waals surface area (Å²) in [6.07, 6.45) is 3.16. The first kappa shape index (κ1) is 13.6. The fraction of sp³-hybridized carbons (Fsp3) is 0.467. The minimum absolute atomic E-state index is 0.00791. The van der Waals surface area contributed by atoms with E-state index in [0.717, 1.165) is 36.7 Å². The molecule has 0 aromatic heterocycles. The van der Waals surface area contributed by atoms with Gasteiger partial charge in [-0.25, -0.2) is 0 Å². The second-order valence-electron chi connectivity index (χ2n) is 5.10. The van der Waals surface area contributed by atoms with Crippen molar-refractivity contribution in [1.82, 2.24) is 4.90 Å². The molecule has 0 amide bonds. The van der Waals surface area contributed by atoms with Crippen LogP contribution in [0, 0.1) is 0 Å². The van der Waals surface area contributed by atoms with Gasteiger partial charge in [0.15, 0.2) is 6.10 Å². The lowest BCUT2D eigenvalue weighted by atomic mass is 10.1. The van der Waals surface area contributed by atoms with Crippen molar-refractivity contribution in [3.8, 4) is 0 Å². The molecule has 0 radical (unpaired) electrons. The van der Waals surface area contributed by atoms with Gasteiger partial charge in [-0.3, -0.25) is 9.11 Å². The Morgan fingerprint density at radius 1 is 1.15 bits per heavy atom. The fourth-order valence-corrected chi connectivity index (χ4v) is 3.58. The zero-order chi connectivity index (χ0) is 13.8. The molecule has 20 heavy (non-hydrogen) atoms. The van der Waals surface area contributed by atoms with Gasteiger partial charge in [0.05, 0.1) is 0 Å². The summed E-state index contributed by atoms with van der Waals surface area (Å²) in [6, 6.07) is 8.49. The molecule has 1 aromatic carbocycles. The first-order valence-corrected chi connectivity index (χ1v) is 8.38. The van der Waals surface area contributed by atoms with E-state index in [0.29, 0.717) is 6.61 Å². The van der Waals surface area contributed by atoms with Crippen molar-refractivity contribution in [2.75, 3.05) is 31.2 Å². The van der Waals surface area contributed by atoms with E-state index >= 15 is 0 Å². The summed E-state index contributed by atoms with van der Waals surface area (Å²) in [5.74, 6) is 1.61. The van der Waals surface area contributed by atoms with Gasteiger partial charge < -0.3 is 9.47 Å². The molecule has 0 saturated carbocycles. The molecule has 108 valence electrons. The molecule has 5 heteroatoms. The van der Waals surface area contributed by atoms with E-state index in [4.69, 9.17) is 9.47 Å². The highest BCUT2D eigenvalue weighted by Crippen LogP contribution is 2.22. The first-order valence-electron chi connectivity index (χ1n) is 6.89. The standard InChI is InChI=1S/C15H19NO3S/c17-20-9-5-16(6-10-20)11-13-1-3-14(4-2-13)15-12-18-7-8-19-15/h1-4,7-8,15H,5-6,9-12H2/t15-/m1/s1. The molecule has 4 nitrogen and oxygen atoms in total. The normalized spacial score (nSPS) is 24.1. The molecule has 0 spiro atoms. The van der Waals surface area contributed by atoms with Crippen molar-refractivity contribution >= 4 is 10.8 Å². The zero-order valence-electron chi connectivity index (χ0n) is 11.4. The lowest BCUT2D eigenvalue weighted by Crippen LogP contribution is -2.37. The van der Waals surface area contributed by atoms with Crippen LogP contribution in [0.3, 0.4) is 0 Å². The Bertz CT molecular complexity index is 490. The highest BCUT2D eigenvalue weighted by molar-refractivity contribution is 7.85. The van der Waals surface area contributed by atoms with Gasteiger partial charge in [-0.15, -0.1) is 0 Å². The summed E-state index contributed by atoms with van der Waals surface area (Å²) in [5, 5.41) is 0. The smallest absolute Gasteiger partial charge is 0.157 e. The van der Waals surface area contributed by atoms with E-state index in [1.54, 1.807) is 12.5 Å². The van der Waals surface area contributed by atoms with Crippen LogP contribution in [-0.2, 0) is 26.8 Å². The molecular formula is C15H19NO3S. The Morgan fingerprint density at radius 2 is 1.90 bits per heavy atom. The topological polar surface area (TPSA) is 38.8 Å². The summed E-state index contributed by atoms with van der Waals surface area (Å²) < 4.78 is 22.1. The van der Waals surface area contributed by atoms with Crippen LogP contribution in [0.2, 0.25) is 0 Å². The molecule has 1 aromatic rings. The van der Waals surface area contributed by atoms with Crippen LogP contribution in [0.4, 0.5) is 0 Å². The molecule has 2 aliphatic rings. The summed E-state index contributed by atoms with van der Waals surface area (Å²) in [4.78, 5) is 2.36. The van der Waals surface area contributed by atoms with E-state index in [2.05, 4.69) is 29.2 Å². The predicted molar refractivity (Wildman–Crippen MR) is 78.5 cm³/mol. The molecule has 1 atom stereocenters. The molecule has 2 heterocycles. The maximum Gasteiger partial charge on any atom is 0.157 e. The average Bonchev–Trinajstić information content (AvgIpc) is 2.51. The molecule has 3 rings (SSSR count). The van der Waals surface area contributed by atoms with E-state index in [1.807, 2.05) is 0 Å². The molecule has 0 N–H and O–H groups in total. The van der Waals surface area contributed by atoms with Crippen LogP contribution >= 0.6 is 0 Å². The van der Waals surface area contributed by atoms with Gasteiger partial charge in [0.25, 0.3) is 0 Å². The number of benzene rings is 1. The minimum atomic E-state index is -0.604. The third-order valence-corrected chi connectivity index (χ3v) is 4.95. The lowest BCUT2D eigenvalue weighted by Gasteiger charge is -2.26. The zero-order valence-corrected chi connectivity index (χ0v) is 12.2. The number of ether oxygens (including phenoxy) is 2. The van der Waals surface area contributed by atoms with Crippen molar-refractivity contribution in [3.63, 3.8) is 0 Å². The third kappa shape index (κ3) is 3.41. The minimum Gasteiger partial charge on any atom is -0.494 e. The van der Waals surface area contributed by atoms with E-state index in [-0.39, 0.29) is 6.10 Å². The number of nitrogens with zero attached hydrogens (tertiary/aromatic N) is 1. The molecule has 0 aliphatic carbocycles. The van der Waals surface area contributed by atoms with Gasteiger partial charge in [-0.2, -0.15) is 0 Å². The molecule has 0 bridgehead atoms. The third-order valence-electron chi connectivity index (χ3n) is 3.67. The quantitative estimate of drug-likeness (QED) is 0.852. The van der Waals surface area contributed by atoms with Crippen LogP contribution in [-0.4, -0.2) is 40.3 Å². The van der Waals surface area contributed by atoms with Gasteiger partial charge in [0, 0.05) is 41.9 Å². The van der Waals surface area contributed by atoms with Crippen molar-refractivity contribution in [2.24, 2.45) is 0 Å². The Hall–Kier alpha value is -1.33. The Morgan fingerprint density at radius 3 is 2.55 bits per heavy atom. The van der Waals surface area contributed by atoms with Gasteiger partial charge in [-0.05, 0) is 11.1 Å². The largest absolute Gasteiger partial charge is 0.494 e. The van der Waals surface area contributed by atoms with Gasteiger partial charge in [0.2, 0.25) is 0 Å². The summed E-state index contributed by atoms with van der Waals surface area (Å²) >= 11 is 0. The fourth-order valence-electron chi connectivity index (χ4n) is 2.45. The van der Waals surface area contributed by atoms with Crippen LogP contribution in [0.15, 0.2) is 36.8 Å². The number of hydrogen-bond donors (Lipinski definition) is 0. The van der Waals surface area contributed by atoms with Crippen LogP contribution in [0.5, 0.6) is 0 Å². The van der Waals surface area contributed by atoms with Crippen molar-refractivity contribution in [2.45, 2.75) is 12.6 Å². The van der Waals surface area contributed by atoms with Crippen LogP contribution in [0.1, 0.15) is 17.2 Å². The van der Waals surface area contributed by atoms with E-state index < -0.39 is 10.8 Å². The van der Waals surface area contributed by atoms with Crippen LogP contribution < -0.4 is 0 Å². The van der Waals surface area contributed by atoms with Crippen LogP contribution in [0.25, 0.3) is 0 Å². The Balaban J connectivity index is 1.58. The molecule has 0 unspecified atom stereocenters. The summed E-state index contributed by atoms with van der Waals surface area (Å²) in [5.41, 5.74) is 2.42. The summed E-state index contributed by atoms with van der Waals surface area (Å²) in [6.45, 7) is 3.35. The Kier molecular flexibility index (Phi) is 4.38. The first-order chi connectivity index (χ1) is 9.81. The second-order valence-corrected chi connectivity index (χ2v) is 6.79. The molecular weight excluding hydrogens is 274 g/mol. The highest BCUT2D eigenvalue weighted by atomic mass is 32.2. The maximum atomic E-state index is 11.3. The molecule has 1 saturated heterocycles. The van der Waals surface area contributed by atoms with E-state index in [9.17, 15) is 4.21 Å². The van der Waals surface area contributed by atoms with Crippen molar-refractivity contribution in [3.05, 3.63) is 47.9 Å². The van der Waals surface area contributed by atoms with Gasteiger partial charge in [-0.1, -0.05) is 24.3 Å². The van der Waals surface area contributed by atoms with Crippen molar-refractivity contribution in [1.29, 1.82) is 0 Å². The molecule has 2 aliphatic heterocycles. The second kappa shape index (κ2) is 6.41. The monoisotopic (exact) mass is 293 g/mol. The van der Waals surface area contributed by atoms with E-state index in [1.165, 1.54) is 5.56 Å². The molecule has 1 fully saturated rings. The number of rotatable bonds is 3. The summed E-state index contributed by atoms with van der Waals surface area (Å²) in [7, 11) is -0.604. The average molecular weight is 293 g/mol. The maximum absolute atomic E-state index is 11.3. The van der Waals surface area contributed by atoms with Gasteiger partial charge >= 0.3 is 0 Å². The van der Waals surface area contributed by atoms with Gasteiger partial charge in [0.1, 0.15) is 19.1 Å². The SMILES string of the molecule is O=S1CCN(Cc2ccc([C@H]3COC=CO3)cc2)CC1. The van der Waals surface area contributed by atoms with Crippen molar-refractivity contribution < 1.29 is 13.7 Å².